The molecule has 3 rings (SSSR count). The van der Waals surface area contributed by atoms with E-state index in [4.69, 9.17) is 11.6 Å². The van der Waals surface area contributed by atoms with Gasteiger partial charge in [-0.2, -0.15) is 0 Å². The van der Waals surface area contributed by atoms with E-state index in [0.717, 1.165) is 18.7 Å². The fraction of sp³-hybridized carbons (Fsp3) is 0.214. The van der Waals surface area contributed by atoms with Crippen LogP contribution in [0, 0.1) is 0 Å². The van der Waals surface area contributed by atoms with E-state index in [1.807, 2.05) is 12.1 Å². The van der Waals surface area contributed by atoms with Gasteiger partial charge >= 0.3 is 0 Å². The van der Waals surface area contributed by atoms with Gasteiger partial charge in [0, 0.05) is 25.0 Å². The maximum atomic E-state index is 12.0. The van der Waals surface area contributed by atoms with E-state index in [1.165, 1.54) is 22.6 Å². The highest BCUT2D eigenvalue weighted by Crippen LogP contribution is 2.29. The summed E-state index contributed by atoms with van der Waals surface area (Å²) in [6.45, 7) is 1.03. The van der Waals surface area contributed by atoms with Gasteiger partial charge in [-0.25, -0.2) is 0 Å². The van der Waals surface area contributed by atoms with E-state index in [1.54, 1.807) is 12.1 Å². The molecule has 1 N–H and O–H groups in total. The number of halogens is 1. The molecule has 0 radical (unpaired) electrons. The highest BCUT2D eigenvalue weighted by Gasteiger charge is 2.16. The zero-order chi connectivity index (χ0) is 13.4. The van der Waals surface area contributed by atoms with Gasteiger partial charge in [0.2, 0.25) is 0 Å². The van der Waals surface area contributed by atoms with Crippen molar-refractivity contribution in [2.45, 2.75) is 6.42 Å². The second kappa shape index (κ2) is 4.87. The normalized spacial score (nSPS) is 13.5. The number of thiophene rings is 1. The van der Waals surface area contributed by atoms with Crippen molar-refractivity contribution < 1.29 is 4.79 Å². The largest absolute Gasteiger partial charge is 0.374 e. The van der Waals surface area contributed by atoms with Crippen LogP contribution in [-0.4, -0.2) is 19.5 Å². The Hall–Kier alpha value is -1.52. The lowest BCUT2D eigenvalue weighted by atomic mass is 10.1. The van der Waals surface area contributed by atoms with Gasteiger partial charge in [-0.05, 0) is 42.3 Å². The number of benzene rings is 1. The number of amides is 1. The summed E-state index contributed by atoms with van der Waals surface area (Å²) in [7, 11) is 2.08. The van der Waals surface area contributed by atoms with Crippen molar-refractivity contribution in [1.82, 2.24) is 0 Å². The van der Waals surface area contributed by atoms with E-state index >= 15 is 0 Å². The van der Waals surface area contributed by atoms with Crippen LogP contribution in [0.25, 0.3) is 0 Å². The fourth-order valence-electron chi connectivity index (χ4n) is 2.27. The van der Waals surface area contributed by atoms with Gasteiger partial charge in [-0.15, -0.1) is 11.3 Å². The summed E-state index contributed by atoms with van der Waals surface area (Å²) < 4.78 is 0.626. The van der Waals surface area contributed by atoms with Crippen LogP contribution in [-0.2, 0) is 6.42 Å². The van der Waals surface area contributed by atoms with Crippen molar-refractivity contribution in [3.05, 3.63) is 45.1 Å². The number of rotatable bonds is 2. The third kappa shape index (κ3) is 2.46. The van der Waals surface area contributed by atoms with Crippen LogP contribution in [0.15, 0.2) is 30.3 Å². The van der Waals surface area contributed by atoms with Crippen LogP contribution < -0.4 is 10.2 Å². The molecule has 0 saturated heterocycles. The standard InChI is InChI=1S/C14H13ClN2OS/c1-17-7-6-9-8-10(2-3-11(9)17)16-14(18)12-4-5-13(15)19-12/h2-5,8H,6-7H2,1H3,(H,16,18). The first-order chi connectivity index (χ1) is 9.13. The first-order valence-electron chi connectivity index (χ1n) is 6.04. The van der Waals surface area contributed by atoms with E-state index in [0.29, 0.717) is 9.21 Å². The zero-order valence-electron chi connectivity index (χ0n) is 10.4. The Bertz CT molecular complexity index is 638. The average molecular weight is 293 g/mol. The number of hydrogen-bond donors (Lipinski definition) is 1. The summed E-state index contributed by atoms with van der Waals surface area (Å²) in [6.07, 6.45) is 1.03. The minimum Gasteiger partial charge on any atom is -0.374 e. The van der Waals surface area contributed by atoms with Gasteiger partial charge in [0.1, 0.15) is 0 Å². The van der Waals surface area contributed by atoms with Gasteiger partial charge in [0.05, 0.1) is 9.21 Å². The summed E-state index contributed by atoms with van der Waals surface area (Å²) in [4.78, 5) is 14.9. The van der Waals surface area contributed by atoms with Crippen LogP contribution in [0.1, 0.15) is 15.2 Å². The number of nitrogens with one attached hydrogen (secondary N) is 1. The van der Waals surface area contributed by atoms with Gasteiger partial charge in [-0.1, -0.05) is 11.6 Å². The number of carbonyl (C=O) groups is 1. The minimum atomic E-state index is -0.108. The molecule has 1 aromatic heterocycles. The molecule has 0 spiro atoms. The molecule has 98 valence electrons. The Morgan fingerprint density at radius 2 is 2.21 bits per heavy atom. The number of nitrogens with zero attached hydrogens (tertiary/aromatic N) is 1. The molecule has 1 amide bonds. The summed E-state index contributed by atoms with van der Waals surface area (Å²) in [6, 6.07) is 9.52. The number of likely N-dealkylation sites (N-methyl/N-ethyl adjacent to an activating group) is 1. The Morgan fingerprint density at radius 3 is 2.95 bits per heavy atom. The monoisotopic (exact) mass is 292 g/mol. The molecule has 0 fully saturated rings. The molecule has 19 heavy (non-hydrogen) atoms. The Morgan fingerprint density at radius 1 is 1.37 bits per heavy atom. The summed E-state index contributed by atoms with van der Waals surface area (Å²) in [5.41, 5.74) is 3.37. The van der Waals surface area contributed by atoms with E-state index in [-0.39, 0.29) is 5.91 Å². The van der Waals surface area contributed by atoms with Gasteiger partial charge in [0.25, 0.3) is 5.91 Å². The predicted octanol–water partition coefficient (Wildman–Crippen LogP) is 3.65. The fourth-order valence-corrected chi connectivity index (χ4v) is 3.21. The molecule has 2 heterocycles. The summed E-state index contributed by atoms with van der Waals surface area (Å²) in [5, 5.41) is 2.91. The zero-order valence-corrected chi connectivity index (χ0v) is 12.0. The Labute approximate surface area is 120 Å². The molecule has 0 saturated carbocycles. The molecule has 0 bridgehead atoms. The molecule has 1 aliphatic heterocycles. The lowest BCUT2D eigenvalue weighted by Gasteiger charge is -2.12. The van der Waals surface area contributed by atoms with Crippen LogP contribution in [0.3, 0.4) is 0 Å². The first kappa shape index (κ1) is 12.5. The summed E-state index contributed by atoms with van der Waals surface area (Å²) in [5.74, 6) is -0.108. The Balaban J connectivity index is 1.79. The molecular weight excluding hydrogens is 280 g/mol. The van der Waals surface area contributed by atoms with Crippen molar-refractivity contribution in [3.8, 4) is 0 Å². The van der Waals surface area contributed by atoms with Crippen LogP contribution in [0.2, 0.25) is 4.34 Å². The molecule has 0 unspecified atom stereocenters. The topological polar surface area (TPSA) is 32.3 Å². The molecule has 5 heteroatoms. The van der Waals surface area contributed by atoms with Crippen molar-refractivity contribution in [1.29, 1.82) is 0 Å². The minimum absolute atomic E-state index is 0.108. The van der Waals surface area contributed by atoms with Gasteiger partial charge < -0.3 is 10.2 Å². The number of hydrogen-bond acceptors (Lipinski definition) is 3. The Kier molecular flexibility index (Phi) is 3.21. The summed E-state index contributed by atoms with van der Waals surface area (Å²) >= 11 is 7.12. The maximum absolute atomic E-state index is 12.0. The number of fused-ring (bicyclic) bond motifs is 1. The second-order valence-electron chi connectivity index (χ2n) is 4.57. The molecule has 0 atom stereocenters. The molecular formula is C14H13ClN2OS. The van der Waals surface area contributed by atoms with E-state index in [2.05, 4.69) is 23.3 Å². The van der Waals surface area contributed by atoms with Crippen LogP contribution >= 0.6 is 22.9 Å². The average Bonchev–Trinajstić information content (AvgIpc) is 2.97. The highest BCUT2D eigenvalue weighted by atomic mass is 35.5. The highest BCUT2D eigenvalue weighted by molar-refractivity contribution is 7.18. The molecule has 2 aromatic rings. The van der Waals surface area contributed by atoms with E-state index < -0.39 is 0 Å². The number of carbonyl (C=O) groups excluding carboxylic acids is 1. The van der Waals surface area contributed by atoms with Crippen molar-refractivity contribution >= 4 is 40.2 Å². The van der Waals surface area contributed by atoms with Crippen molar-refractivity contribution in [3.63, 3.8) is 0 Å². The van der Waals surface area contributed by atoms with Crippen LogP contribution in [0.5, 0.6) is 0 Å². The lowest BCUT2D eigenvalue weighted by molar-refractivity contribution is 0.103. The third-order valence-electron chi connectivity index (χ3n) is 3.26. The maximum Gasteiger partial charge on any atom is 0.265 e. The van der Waals surface area contributed by atoms with Gasteiger partial charge in [-0.3, -0.25) is 4.79 Å². The second-order valence-corrected chi connectivity index (χ2v) is 6.29. The first-order valence-corrected chi connectivity index (χ1v) is 7.24. The predicted molar refractivity (Wildman–Crippen MR) is 80.7 cm³/mol. The quantitative estimate of drug-likeness (QED) is 0.916. The smallest absolute Gasteiger partial charge is 0.265 e. The van der Waals surface area contributed by atoms with Gasteiger partial charge in [0.15, 0.2) is 0 Å². The molecule has 1 aliphatic rings. The molecule has 1 aromatic carbocycles. The molecule has 0 aliphatic carbocycles. The van der Waals surface area contributed by atoms with E-state index in [9.17, 15) is 4.79 Å². The third-order valence-corrected chi connectivity index (χ3v) is 4.49. The number of anilines is 2. The van der Waals surface area contributed by atoms with Crippen LogP contribution in [0.4, 0.5) is 11.4 Å². The molecule has 3 nitrogen and oxygen atoms in total. The van der Waals surface area contributed by atoms with Crippen molar-refractivity contribution in [2.24, 2.45) is 0 Å². The SMILES string of the molecule is CN1CCc2cc(NC(=O)c3ccc(Cl)s3)ccc21. The lowest BCUT2D eigenvalue weighted by Crippen LogP contribution is -2.12. The van der Waals surface area contributed by atoms with Crippen molar-refractivity contribution in [2.75, 3.05) is 23.8 Å².